The molecular weight excluding hydrogens is 258 g/mol. The molecule has 0 saturated carbocycles. The second-order valence-corrected chi connectivity index (χ2v) is 4.11. The van der Waals surface area contributed by atoms with Crippen LogP contribution in [0.1, 0.15) is 10.4 Å². The van der Waals surface area contributed by atoms with Gasteiger partial charge in [0, 0.05) is 0 Å². The zero-order valence-electron chi connectivity index (χ0n) is 7.78. The van der Waals surface area contributed by atoms with Gasteiger partial charge in [-0.05, 0) is 23.9 Å². The highest BCUT2D eigenvalue weighted by molar-refractivity contribution is 7.10. The van der Waals surface area contributed by atoms with Crippen LogP contribution in [0.15, 0.2) is 11.4 Å². The summed E-state index contributed by atoms with van der Waals surface area (Å²) in [5.41, 5.74) is -4.56. The molecule has 0 aliphatic rings. The molecule has 0 fully saturated rings. The Balaban J connectivity index is 3.38. The Morgan fingerprint density at radius 2 is 1.50 bits per heavy atom. The number of thiophene rings is 1. The van der Waals surface area contributed by atoms with E-state index in [0.29, 0.717) is 6.07 Å². The largest absolute Gasteiger partial charge is 0.431 e. The van der Waals surface area contributed by atoms with Crippen molar-refractivity contribution < 1.29 is 31.4 Å². The second-order valence-electron chi connectivity index (χ2n) is 3.19. The molecule has 1 aromatic heterocycles. The van der Waals surface area contributed by atoms with Crippen molar-refractivity contribution in [3.05, 3.63) is 21.9 Å². The first kappa shape index (κ1) is 13.3. The first-order valence-corrected chi connectivity index (χ1v) is 4.79. The van der Waals surface area contributed by atoms with Gasteiger partial charge in [0.05, 0.1) is 4.88 Å². The fourth-order valence-electron chi connectivity index (χ4n) is 1.06. The summed E-state index contributed by atoms with van der Waals surface area (Å²) in [4.78, 5) is -1.18. The zero-order chi connectivity index (χ0) is 12.8. The standard InChI is InChI=1S/C8H6F6OS/c1-4-2-5(16-3-4)6(15,7(9,10)11)8(12,13)14/h2-3,15H,1H3. The van der Waals surface area contributed by atoms with E-state index >= 15 is 0 Å². The summed E-state index contributed by atoms with van der Waals surface area (Å²) in [7, 11) is 0. The van der Waals surface area contributed by atoms with Crippen molar-refractivity contribution in [1.82, 2.24) is 0 Å². The second kappa shape index (κ2) is 3.63. The van der Waals surface area contributed by atoms with Gasteiger partial charge in [0.25, 0.3) is 5.60 Å². The van der Waals surface area contributed by atoms with E-state index in [1.54, 1.807) is 0 Å². The van der Waals surface area contributed by atoms with E-state index in [1.165, 1.54) is 6.92 Å². The number of rotatable bonds is 1. The lowest BCUT2D eigenvalue weighted by atomic mass is 10.0. The van der Waals surface area contributed by atoms with Crippen LogP contribution in [0.2, 0.25) is 0 Å². The monoisotopic (exact) mass is 264 g/mol. The van der Waals surface area contributed by atoms with Crippen LogP contribution in [0.3, 0.4) is 0 Å². The predicted molar refractivity (Wildman–Crippen MR) is 45.1 cm³/mol. The summed E-state index contributed by atoms with van der Waals surface area (Å²) in [6.07, 6.45) is -11.6. The molecule has 0 bridgehead atoms. The molecule has 16 heavy (non-hydrogen) atoms. The van der Waals surface area contributed by atoms with Gasteiger partial charge in [-0.1, -0.05) is 0 Å². The van der Waals surface area contributed by atoms with Crippen LogP contribution in [-0.4, -0.2) is 17.5 Å². The van der Waals surface area contributed by atoms with Crippen molar-refractivity contribution in [2.45, 2.75) is 24.9 Å². The third kappa shape index (κ3) is 1.91. The molecule has 0 aliphatic carbocycles. The maximum atomic E-state index is 12.3. The molecule has 1 N–H and O–H groups in total. The third-order valence-electron chi connectivity index (χ3n) is 1.91. The molecule has 0 aliphatic heterocycles. The molecule has 0 radical (unpaired) electrons. The Hall–Kier alpha value is -0.760. The van der Waals surface area contributed by atoms with Gasteiger partial charge in [0.1, 0.15) is 0 Å². The number of hydrogen-bond acceptors (Lipinski definition) is 2. The maximum Gasteiger partial charge on any atom is 0.431 e. The van der Waals surface area contributed by atoms with E-state index in [2.05, 4.69) is 0 Å². The number of hydrogen-bond donors (Lipinski definition) is 1. The van der Waals surface area contributed by atoms with Gasteiger partial charge in [0.15, 0.2) is 0 Å². The molecule has 92 valence electrons. The van der Waals surface area contributed by atoms with Gasteiger partial charge in [-0.3, -0.25) is 0 Å². The van der Waals surface area contributed by atoms with E-state index in [9.17, 15) is 26.3 Å². The number of aryl methyl sites for hydroxylation is 1. The third-order valence-corrected chi connectivity index (χ3v) is 3.06. The van der Waals surface area contributed by atoms with Crippen LogP contribution >= 0.6 is 11.3 Å². The van der Waals surface area contributed by atoms with Crippen molar-refractivity contribution in [2.75, 3.05) is 0 Å². The fraction of sp³-hybridized carbons (Fsp3) is 0.500. The highest BCUT2D eigenvalue weighted by atomic mass is 32.1. The average molecular weight is 264 g/mol. The van der Waals surface area contributed by atoms with Gasteiger partial charge >= 0.3 is 12.4 Å². The summed E-state index contributed by atoms with van der Waals surface area (Å²) >= 11 is 0.220. The molecule has 1 heterocycles. The molecule has 0 atom stereocenters. The fourth-order valence-corrected chi connectivity index (χ4v) is 2.10. The van der Waals surface area contributed by atoms with Crippen molar-refractivity contribution in [2.24, 2.45) is 0 Å². The molecule has 1 nitrogen and oxygen atoms in total. The average Bonchev–Trinajstić information content (AvgIpc) is 2.46. The van der Waals surface area contributed by atoms with E-state index in [1.807, 2.05) is 0 Å². The predicted octanol–water partition coefficient (Wildman–Crippen LogP) is 3.37. The summed E-state index contributed by atoms with van der Waals surface area (Å²) in [5.74, 6) is 0. The normalized spacial score (nSPS) is 14.2. The molecule has 0 unspecified atom stereocenters. The molecule has 0 amide bonds. The Bertz CT molecular complexity index is 363. The van der Waals surface area contributed by atoms with Crippen molar-refractivity contribution in [3.63, 3.8) is 0 Å². The summed E-state index contributed by atoms with van der Waals surface area (Å²) in [5, 5.41) is 10.0. The van der Waals surface area contributed by atoms with Gasteiger partial charge in [-0.2, -0.15) is 26.3 Å². The van der Waals surface area contributed by atoms with Crippen LogP contribution in [0, 0.1) is 6.92 Å². The smallest absolute Gasteiger partial charge is 0.369 e. The highest BCUT2D eigenvalue weighted by Gasteiger charge is 2.72. The number of halogens is 6. The van der Waals surface area contributed by atoms with Gasteiger partial charge in [-0.15, -0.1) is 11.3 Å². The summed E-state index contributed by atoms with van der Waals surface area (Å²) in [6.45, 7) is 1.34. The van der Waals surface area contributed by atoms with Crippen LogP contribution in [-0.2, 0) is 5.60 Å². The minimum atomic E-state index is -5.80. The lowest BCUT2D eigenvalue weighted by Crippen LogP contribution is -2.53. The first-order chi connectivity index (χ1) is 7.00. The highest BCUT2D eigenvalue weighted by Crippen LogP contribution is 2.51. The quantitative estimate of drug-likeness (QED) is 0.771. The zero-order valence-corrected chi connectivity index (χ0v) is 8.59. The van der Waals surface area contributed by atoms with Crippen LogP contribution in [0.5, 0.6) is 0 Å². The van der Waals surface area contributed by atoms with Crippen molar-refractivity contribution >= 4 is 11.3 Å². The Morgan fingerprint density at radius 3 is 1.75 bits per heavy atom. The Labute approximate surface area is 90.3 Å². The van der Waals surface area contributed by atoms with Gasteiger partial charge in [0.2, 0.25) is 0 Å². The van der Waals surface area contributed by atoms with E-state index in [-0.39, 0.29) is 16.9 Å². The van der Waals surface area contributed by atoms with Crippen LogP contribution < -0.4 is 0 Å². The Morgan fingerprint density at radius 1 is 1.06 bits per heavy atom. The SMILES string of the molecule is Cc1csc(C(O)(C(F)(F)F)C(F)(F)F)c1. The maximum absolute atomic E-state index is 12.3. The molecule has 0 spiro atoms. The Kier molecular flexibility index (Phi) is 3.01. The minimum absolute atomic E-state index is 0.220. The van der Waals surface area contributed by atoms with Crippen LogP contribution in [0.25, 0.3) is 0 Å². The van der Waals surface area contributed by atoms with Crippen molar-refractivity contribution in [1.29, 1.82) is 0 Å². The molecule has 0 saturated heterocycles. The van der Waals surface area contributed by atoms with Gasteiger partial charge in [-0.25, -0.2) is 0 Å². The number of aliphatic hydroxyl groups is 1. The molecule has 0 aromatic carbocycles. The lowest BCUT2D eigenvalue weighted by Gasteiger charge is -2.31. The first-order valence-electron chi connectivity index (χ1n) is 3.91. The number of alkyl halides is 6. The molecular formula is C8H6F6OS. The van der Waals surface area contributed by atoms with Crippen LogP contribution in [0.4, 0.5) is 26.3 Å². The summed E-state index contributed by atoms with van der Waals surface area (Å²) in [6, 6.07) is 0.672. The summed E-state index contributed by atoms with van der Waals surface area (Å²) < 4.78 is 74.0. The lowest BCUT2D eigenvalue weighted by molar-refractivity contribution is -0.374. The van der Waals surface area contributed by atoms with E-state index < -0.39 is 22.8 Å². The molecule has 1 rings (SSSR count). The van der Waals surface area contributed by atoms with Crippen molar-refractivity contribution in [3.8, 4) is 0 Å². The topological polar surface area (TPSA) is 20.2 Å². The van der Waals surface area contributed by atoms with E-state index in [0.717, 1.165) is 5.38 Å². The van der Waals surface area contributed by atoms with Gasteiger partial charge < -0.3 is 5.11 Å². The van der Waals surface area contributed by atoms with E-state index in [4.69, 9.17) is 5.11 Å². The minimum Gasteiger partial charge on any atom is -0.369 e. The molecule has 1 aromatic rings. The molecule has 8 heteroatoms.